The molecule has 0 unspecified atom stereocenters. The number of para-hydroxylation sites is 1. The van der Waals surface area contributed by atoms with Gasteiger partial charge in [-0.1, -0.05) is 24.3 Å². The highest BCUT2D eigenvalue weighted by molar-refractivity contribution is 5.94. The summed E-state index contributed by atoms with van der Waals surface area (Å²) < 4.78 is 5.86. The molecule has 0 atom stereocenters. The normalized spacial score (nSPS) is 15.3. The van der Waals surface area contributed by atoms with Crippen LogP contribution in [0.25, 0.3) is 22.3 Å². The van der Waals surface area contributed by atoms with Crippen molar-refractivity contribution in [3.63, 3.8) is 0 Å². The number of rotatable bonds is 2. The van der Waals surface area contributed by atoms with Crippen LogP contribution < -0.4 is 10.3 Å². The van der Waals surface area contributed by atoms with E-state index in [1.807, 2.05) is 29.2 Å². The number of hydrogen-bond acceptors (Lipinski definition) is 3. The molecule has 4 rings (SSSR count). The van der Waals surface area contributed by atoms with Gasteiger partial charge in [-0.3, -0.25) is 9.59 Å². The second-order valence-corrected chi connectivity index (χ2v) is 6.80. The Hall–Kier alpha value is -2.92. The Labute approximate surface area is 151 Å². The minimum atomic E-state index is -0.0676. The van der Waals surface area contributed by atoms with Crippen LogP contribution in [-0.4, -0.2) is 44.0 Å². The zero-order chi connectivity index (χ0) is 18.1. The molecular formula is C21H21N2O3+. The van der Waals surface area contributed by atoms with Gasteiger partial charge in [0.05, 0.1) is 38.6 Å². The molecule has 26 heavy (non-hydrogen) atoms. The third kappa shape index (κ3) is 3.13. The van der Waals surface area contributed by atoms with E-state index in [9.17, 15) is 9.59 Å². The molecule has 5 nitrogen and oxygen atoms in total. The maximum atomic E-state index is 12.6. The third-order valence-corrected chi connectivity index (χ3v) is 4.96. The maximum Gasteiger partial charge on any atom is 0.254 e. The van der Waals surface area contributed by atoms with E-state index in [4.69, 9.17) is 4.42 Å². The molecular weight excluding hydrogens is 328 g/mol. The van der Waals surface area contributed by atoms with Crippen LogP contribution in [0.2, 0.25) is 0 Å². The van der Waals surface area contributed by atoms with Gasteiger partial charge in [0.1, 0.15) is 11.3 Å². The molecule has 1 aromatic heterocycles. The van der Waals surface area contributed by atoms with Crippen LogP contribution >= 0.6 is 0 Å². The highest BCUT2D eigenvalue weighted by Crippen LogP contribution is 2.22. The average Bonchev–Trinajstić information content (AvgIpc) is 2.68. The van der Waals surface area contributed by atoms with Crippen molar-refractivity contribution in [2.75, 3.05) is 33.2 Å². The molecule has 0 spiro atoms. The Morgan fingerprint density at radius 2 is 1.73 bits per heavy atom. The zero-order valence-corrected chi connectivity index (χ0v) is 14.7. The largest absolute Gasteiger partial charge is 0.456 e. The first-order valence-electron chi connectivity index (χ1n) is 8.86. The lowest BCUT2D eigenvalue weighted by Crippen LogP contribution is -3.12. The zero-order valence-electron chi connectivity index (χ0n) is 14.7. The Morgan fingerprint density at radius 1 is 1.04 bits per heavy atom. The fraction of sp³-hybridized carbons (Fsp3) is 0.238. The molecule has 0 radical (unpaired) electrons. The van der Waals surface area contributed by atoms with Crippen LogP contribution in [0.3, 0.4) is 0 Å². The molecule has 1 saturated heterocycles. The number of nitrogens with zero attached hydrogens (tertiary/aromatic N) is 1. The molecule has 1 amide bonds. The van der Waals surface area contributed by atoms with E-state index in [1.54, 1.807) is 24.3 Å². The molecule has 1 aliphatic heterocycles. The van der Waals surface area contributed by atoms with Crippen molar-refractivity contribution in [1.82, 2.24) is 4.90 Å². The van der Waals surface area contributed by atoms with E-state index >= 15 is 0 Å². The number of amides is 1. The summed E-state index contributed by atoms with van der Waals surface area (Å²) in [5, 5.41) is 0.570. The van der Waals surface area contributed by atoms with Crippen molar-refractivity contribution in [3.05, 3.63) is 70.4 Å². The van der Waals surface area contributed by atoms with E-state index in [0.29, 0.717) is 22.3 Å². The molecule has 0 bridgehead atoms. The van der Waals surface area contributed by atoms with Crippen LogP contribution in [0.5, 0.6) is 0 Å². The number of carbonyl (C=O) groups is 1. The molecule has 1 N–H and O–H groups in total. The van der Waals surface area contributed by atoms with Gasteiger partial charge in [0.15, 0.2) is 5.43 Å². The van der Waals surface area contributed by atoms with Gasteiger partial charge in [0.25, 0.3) is 5.91 Å². The smallest absolute Gasteiger partial charge is 0.254 e. The van der Waals surface area contributed by atoms with E-state index < -0.39 is 0 Å². The van der Waals surface area contributed by atoms with Gasteiger partial charge in [-0.2, -0.15) is 0 Å². The monoisotopic (exact) mass is 349 g/mol. The fourth-order valence-electron chi connectivity index (χ4n) is 3.30. The second kappa shape index (κ2) is 6.77. The maximum absolute atomic E-state index is 12.6. The minimum absolute atomic E-state index is 0.0593. The molecule has 1 aliphatic rings. The first kappa shape index (κ1) is 16.5. The third-order valence-electron chi connectivity index (χ3n) is 4.96. The highest BCUT2D eigenvalue weighted by Gasteiger charge is 2.22. The van der Waals surface area contributed by atoms with Gasteiger partial charge in [0.2, 0.25) is 0 Å². The average molecular weight is 349 g/mol. The number of likely N-dealkylation sites (N-methyl/N-ethyl adjacent to an activating group) is 1. The highest BCUT2D eigenvalue weighted by atomic mass is 16.3. The van der Waals surface area contributed by atoms with Crippen molar-refractivity contribution in [1.29, 1.82) is 0 Å². The fourth-order valence-corrected chi connectivity index (χ4v) is 3.30. The number of benzene rings is 2. The number of fused-ring (bicyclic) bond motifs is 1. The summed E-state index contributed by atoms with van der Waals surface area (Å²) in [7, 11) is 2.15. The second-order valence-electron chi connectivity index (χ2n) is 6.80. The van der Waals surface area contributed by atoms with Crippen molar-refractivity contribution >= 4 is 16.9 Å². The van der Waals surface area contributed by atoms with E-state index in [0.717, 1.165) is 31.7 Å². The lowest BCUT2D eigenvalue weighted by atomic mass is 10.1. The van der Waals surface area contributed by atoms with Crippen LogP contribution in [-0.2, 0) is 0 Å². The van der Waals surface area contributed by atoms with Crippen molar-refractivity contribution in [3.8, 4) is 11.3 Å². The van der Waals surface area contributed by atoms with E-state index in [-0.39, 0.29) is 11.3 Å². The first-order valence-corrected chi connectivity index (χ1v) is 8.86. The minimum Gasteiger partial charge on any atom is -0.456 e. The Bertz CT molecular complexity index is 1000. The summed E-state index contributed by atoms with van der Waals surface area (Å²) in [6.45, 7) is 3.52. The summed E-state index contributed by atoms with van der Waals surface area (Å²) in [6.07, 6.45) is 0. The van der Waals surface area contributed by atoms with Gasteiger partial charge < -0.3 is 14.2 Å². The Morgan fingerprint density at radius 3 is 2.46 bits per heavy atom. The molecule has 132 valence electrons. The standard InChI is InChI=1S/C21H20N2O3/c1-22-10-12-23(13-11-22)21(25)16-8-6-15(7-9-16)20-14-18(24)17-4-2-3-5-19(17)26-20/h2-9,14H,10-13H2,1H3/p+1. The molecule has 0 saturated carbocycles. The first-order chi connectivity index (χ1) is 12.6. The number of hydrogen-bond donors (Lipinski definition) is 1. The Balaban J connectivity index is 1.60. The number of quaternary nitrogens is 1. The van der Waals surface area contributed by atoms with Crippen LogP contribution in [0.1, 0.15) is 10.4 Å². The van der Waals surface area contributed by atoms with Crippen LogP contribution in [0, 0.1) is 0 Å². The lowest BCUT2D eigenvalue weighted by molar-refractivity contribution is -0.883. The van der Waals surface area contributed by atoms with Gasteiger partial charge >= 0.3 is 0 Å². The predicted molar refractivity (Wildman–Crippen MR) is 100 cm³/mol. The molecule has 2 heterocycles. The molecule has 2 aromatic carbocycles. The number of piperazine rings is 1. The van der Waals surface area contributed by atoms with Crippen molar-refractivity contribution in [2.24, 2.45) is 0 Å². The van der Waals surface area contributed by atoms with Gasteiger partial charge in [-0.05, 0) is 24.3 Å². The quantitative estimate of drug-likeness (QED) is 0.762. The lowest BCUT2D eigenvalue weighted by Gasteiger charge is -2.30. The summed E-state index contributed by atoms with van der Waals surface area (Å²) in [6, 6.07) is 16.0. The van der Waals surface area contributed by atoms with Crippen molar-refractivity contribution < 1.29 is 14.1 Å². The summed E-state index contributed by atoms with van der Waals surface area (Å²) in [4.78, 5) is 28.2. The number of nitrogens with one attached hydrogen (secondary N) is 1. The molecule has 1 fully saturated rings. The van der Waals surface area contributed by atoms with Crippen LogP contribution in [0.4, 0.5) is 0 Å². The van der Waals surface area contributed by atoms with E-state index in [2.05, 4.69) is 7.05 Å². The summed E-state index contributed by atoms with van der Waals surface area (Å²) >= 11 is 0. The number of carbonyl (C=O) groups excluding carboxylic acids is 1. The summed E-state index contributed by atoms with van der Waals surface area (Å²) in [5.74, 6) is 0.569. The summed E-state index contributed by atoms with van der Waals surface area (Å²) in [5.41, 5.74) is 1.95. The van der Waals surface area contributed by atoms with E-state index in [1.165, 1.54) is 11.0 Å². The van der Waals surface area contributed by atoms with Gasteiger partial charge in [-0.25, -0.2) is 0 Å². The topological polar surface area (TPSA) is 55.0 Å². The predicted octanol–water partition coefficient (Wildman–Crippen LogP) is 1.43. The van der Waals surface area contributed by atoms with Crippen LogP contribution in [0.15, 0.2) is 63.8 Å². The van der Waals surface area contributed by atoms with Gasteiger partial charge in [0, 0.05) is 17.2 Å². The van der Waals surface area contributed by atoms with Crippen molar-refractivity contribution in [2.45, 2.75) is 0 Å². The molecule has 0 aliphatic carbocycles. The SMILES string of the molecule is C[NH+]1CCN(C(=O)c2ccc(-c3cc(=O)c4ccccc4o3)cc2)CC1. The Kier molecular flexibility index (Phi) is 4.31. The molecule has 5 heteroatoms. The van der Waals surface area contributed by atoms with Gasteiger partial charge in [-0.15, -0.1) is 0 Å². The molecule has 3 aromatic rings.